The summed E-state index contributed by atoms with van der Waals surface area (Å²) in [5.41, 5.74) is 8.20. The van der Waals surface area contributed by atoms with Gasteiger partial charge in [-0.15, -0.1) is 11.3 Å². The number of Topliss-reactive ketones (excluding diaryl/α,β-unsaturated/α-hetero) is 1. The Morgan fingerprint density at radius 1 is 1.18 bits per heavy atom. The van der Waals surface area contributed by atoms with E-state index in [1.54, 1.807) is 17.4 Å². The summed E-state index contributed by atoms with van der Waals surface area (Å²) in [7, 11) is 2.11. The number of fused-ring (bicyclic) bond motifs is 1. The molecule has 1 saturated carbocycles. The third kappa shape index (κ3) is 4.85. The lowest BCUT2D eigenvalue weighted by atomic mass is 9.80. The fraction of sp³-hybridized carbons (Fsp3) is 0.571. The molecule has 4 heterocycles. The summed E-state index contributed by atoms with van der Waals surface area (Å²) in [5, 5.41) is 2.94. The number of aromatic nitrogens is 1. The van der Waals surface area contributed by atoms with Crippen molar-refractivity contribution in [2.75, 3.05) is 51.3 Å². The summed E-state index contributed by atoms with van der Waals surface area (Å²) in [6.07, 6.45) is 1.24. The maximum Gasteiger partial charge on any atom is 0.249 e. The lowest BCUT2D eigenvalue weighted by Crippen LogP contribution is -2.45. The van der Waals surface area contributed by atoms with Gasteiger partial charge in [0.25, 0.3) is 0 Å². The molecule has 6 rings (SSSR count). The van der Waals surface area contributed by atoms with Crippen LogP contribution < -0.4 is 10.6 Å². The first-order valence-corrected chi connectivity index (χ1v) is 14.6. The van der Waals surface area contributed by atoms with Gasteiger partial charge in [0.1, 0.15) is 24.9 Å². The van der Waals surface area contributed by atoms with Gasteiger partial charge in [-0.3, -0.25) is 14.4 Å². The van der Waals surface area contributed by atoms with Crippen LogP contribution in [0.25, 0.3) is 11.3 Å². The summed E-state index contributed by atoms with van der Waals surface area (Å²) in [4.78, 5) is 50.2. The molecule has 0 unspecified atom stereocenters. The molecule has 1 aromatic heterocycles. The Morgan fingerprint density at radius 3 is 2.64 bits per heavy atom. The molecule has 9 nitrogen and oxygen atoms in total. The normalized spacial score (nSPS) is 26.8. The number of anilines is 1. The van der Waals surface area contributed by atoms with Crippen molar-refractivity contribution in [1.82, 2.24) is 14.8 Å². The second-order valence-electron chi connectivity index (χ2n) is 11.2. The average Bonchev–Trinajstić information content (AvgIpc) is 3.72. The Bertz CT molecular complexity index is 1270. The van der Waals surface area contributed by atoms with Gasteiger partial charge in [-0.2, -0.15) is 0 Å². The van der Waals surface area contributed by atoms with Gasteiger partial charge in [-0.25, -0.2) is 9.37 Å². The van der Waals surface area contributed by atoms with Crippen LogP contribution in [0.15, 0.2) is 23.6 Å². The van der Waals surface area contributed by atoms with E-state index in [-0.39, 0.29) is 36.3 Å². The van der Waals surface area contributed by atoms with E-state index in [0.29, 0.717) is 5.56 Å². The Morgan fingerprint density at radius 2 is 1.92 bits per heavy atom. The Hall–Kier alpha value is -2.89. The minimum Gasteiger partial charge on any atom is -0.366 e. The molecule has 2 aromatic rings. The van der Waals surface area contributed by atoms with E-state index in [1.807, 2.05) is 17.5 Å². The van der Waals surface area contributed by atoms with Crippen LogP contribution in [0.1, 0.15) is 47.5 Å². The van der Waals surface area contributed by atoms with E-state index in [4.69, 9.17) is 15.5 Å². The number of likely N-dealkylation sites (tertiary alicyclic amines) is 1. The third-order valence-electron chi connectivity index (χ3n) is 8.76. The number of amides is 2. The van der Waals surface area contributed by atoms with Crippen LogP contribution in [0.2, 0.25) is 0 Å². The number of hydrogen-bond donors (Lipinski definition) is 1. The summed E-state index contributed by atoms with van der Waals surface area (Å²) < 4.78 is 20.2. The lowest BCUT2D eigenvalue weighted by molar-refractivity contribution is -0.138. The first-order valence-electron chi connectivity index (χ1n) is 13.7. The minimum absolute atomic E-state index is 0.0308. The van der Waals surface area contributed by atoms with Crippen molar-refractivity contribution in [2.24, 2.45) is 11.7 Å². The van der Waals surface area contributed by atoms with Crippen LogP contribution in [-0.4, -0.2) is 97.1 Å². The topological polar surface area (TPSA) is 109 Å². The molecule has 1 aromatic carbocycles. The van der Waals surface area contributed by atoms with Gasteiger partial charge in [0.2, 0.25) is 11.8 Å². The second-order valence-corrected chi connectivity index (χ2v) is 12.0. The van der Waals surface area contributed by atoms with Gasteiger partial charge in [-0.05, 0) is 43.5 Å². The molecule has 3 aliphatic heterocycles. The van der Waals surface area contributed by atoms with Gasteiger partial charge in [-0.1, -0.05) is 18.9 Å². The number of halogens is 1. The number of nitrogens with zero attached hydrogens (tertiary/aromatic N) is 4. The monoisotopic (exact) mass is 555 g/mol. The van der Waals surface area contributed by atoms with Crippen LogP contribution in [0.5, 0.6) is 0 Å². The zero-order valence-corrected chi connectivity index (χ0v) is 22.9. The van der Waals surface area contributed by atoms with E-state index in [1.165, 1.54) is 4.90 Å². The van der Waals surface area contributed by atoms with Gasteiger partial charge in [0.05, 0.1) is 18.2 Å². The maximum atomic E-state index is 14.8. The number of benzene rings is 1. The number of alkyl halides is 1. The summed E-state index contributed by atoms with van der Waals surface area (Å²) >= 11 is 1.58. The number of hydrogen-bond acceptors (Lipinski definition) is 8. The number of ketones is 1. The van der Waals surface area contributed by atoms with Crippen molar-refractivity contribution in [3.05, 3.63) is 34.7 Å². The fourth-order valence-electron chi connectivity index (χ4n) is 6.63. The largest absolute Gasteiger partial charge is 0.366 e. The number of piperazine rings is 1. The smallest absolute Gasteiger partial charge is 0.249 e. The first-order chi connectivity index (χ1) is 18.8. The van der Waals surface area contributed by atoms with Crippen LogP contribution in [-0.2, 0) is 14.3 Å². The number of carbonyl (C=O) groups is 3. The van der Waals surface area contributed by atoms with E-state index in [9.17, 15) is 18.8 Å². The second kappa shape index (κ2) is 10.6. The molecule has 4 fully saturated rings. The number of rotatable bonds is 6. The van der Waals surface area contributed by atoms with Crippen molar-refractivity contribution >= 4 is 34.1 Å². The molecule has 4 atom stereocenters. The molecular weight excluding hydrogens is 521 g/mol. The molecule has 0 spiro atoms. The van der Waals surface area contributed by atoms with Crippen molar-refractivity contribution in [2.45, 2.75) is 49.9 Å². The van der Waals surface area contributed by atoms with Gasteiger partial charge in [0.15, 0.2) is 10.9 Å². The number of primary amides is 1. The molecule has 0 radical (unpaired) electrons. The Labute approximate surface area is 231 Å². The fourth-order valence-corrected chi connectivity index (χ4v) is 7.51. The number of nitrogens with two attached hydrogens (primary N) is 1. The number of thiazole rings is 1. The Balaban J connectivity index is 1.37. The molecular formula is C28H34FN5O4S. The maximum absolute atomic E-state index is 14.8. The molecule has 39 heavy (non-hydrogen) atoms. The van der Waals surface area contributed by atoms with Crippen molar-refractivity contribution in [3.63, 3.8) is 0 Å². The van der Waals surface area contributed by atoms with Gasteiger partial charge < -0.3 is 25.2 Å². The predicted octanol–water partition coefficient (Wildman–Crippen LogP) is 2.45. The zero-order valence-electron chi connectivity index (χ0n) is 22.1. The summed E-state index contributed by atoms with van der Waals surface area (Å²) in [6, 6.07) is 4.44. The van der Waals surface area contributed by atoms with E-state index >= 15 is 0 Å². The molecule has 2 amide bonds. The minimum atomic E-state index is -1.42. The van der Waals surface area contributed by atoms with Crippen LogP contribution >= 0.6 is 11.3 Å². The van der Waals surface area contributed by atoms with Crippen molar-refractivity contribution < 1.29 is 23.5 Å². The average molecular weight is 556 g/mol. The van der Waals surface area contributed by atoms with Crippen LogP contribution in [0, 0.1) is 5.92 Å². The highest BCUT2D eigenvalue weighted by Gasteiger charge is 2.54. The quantitative estimate of drug-likeness (QED) is 0.583. The van der Waals surface area contributed by atoms with E-state index < -0.39 is 30.1 Å². The highest BCUT2D eigenvalue weighted by atomic mass is 32.1. The number of carbonyl (C=O) groups excluding carboxylic acids is 3. The molecule has 11 heteroatoms. The summed E-state index contributed by atoms with van der Waals surface area (Å²) in [5.74, 6) is -1.96. The van der Waals surface area contributed by atoms with Gasteiger partial charge >= 0.3 is 0 Å². The first kappa shape index (κ1) is 26.3. The standard InChI is InChI=1S/C28H34FN5O4S/c1-32-8-10-33(11-9-32)28-31-21(15-39-28)17-6-7-18(26(30)36)19(12-17)23(16-4-2-3-5-16)27(37)34-13-20(29)25-24(34)22(35)14-38-25/h6-7,12,15-16,20,23-25H,2-5,8-11,13-14H2,1H3,(H2,30,36)/t20-,23-,24+,25+/m0/s1. The molecule has 4 aliphatic rings. The van der Waals surface area contributed by atoms with Crippen molar-refractivity contribution in [3.8, 4) is 11.3 Å². The highest BCUT2D eigenvalue weighted by molar-refractivity contribution is 7.14. The molecule has 1 aliphatic carbocycles. The zero-order chi connectivity index (χ0) is 27.3. The van der Waals surface area contributed by atoms with E-state index in [2.05, 4.69) is 16.8 Å². The molecule has 0 bridgehead atoms. The molecule has 3 saturated heterocycles. The predicted molar refractivity (Wildman–Crippen MR) is 146 cm³/mol. The molecule has 208 valence electrons. The highest BCUT2D eigenvalue weighted by Crippen LogP contribution is 2.43. The van der Waals surface area contributed by atoms with Crippen LogP contribution in [0.4, 0.5) is 9.52 Å². The Kier molecular flexibility index (Phi) is 7.15. The SMILES string of the molecule is CN1CCN(c2nc(-c3ccc(C(N)=O)c([C@@H](C(=O)N4C[C@H](F)[C@H]5OCC(=O)[C@H]54)C4CCCC4)c3)cs2)CC1. The lowest BCUT2D eigenvalue weighted by Gasteiger charge is -2.32. The van der Waals surface area contributed by atoms with Crippen LogP contribution in [0.3, 0.4) is 0 Å². The summed E-state index contributed by atoms with van der Waals surface area (Å²) in [6.45, 7) is 3.39. The molecule has 2 N–H and O–H groups in total. The van der Waals surface area contributed by atoms with Gasteiger partial charge in [0, 0.05) is 42.7 Å². The van der Waals surface area contributed by atoms with E-state index in [0.717, 1.165) is 68.3 Å². The third-order valence-corrected chi connectivity index (χ3v) is 9.66. The number of likely N-dealkylation sites (N-methyl/N-ethyl adjacent to an activating group) is 1. The van der Waals surface area contributed by atoms with Crippen molar-refractivity contribution in [1.29, 1.82) is 0 Å². The number of ether oxygens (including phenoxy) is 1.